The van der Waals surface area contributed by atoms with Gasteiger partial charge in [0.25, 0.3) is 0 Å². The van der Waals surface area contributed by atoms with E-state index in [0.29, 0.717) is 5.11 Å². The minimum atomic E-state index is 0.235. The van der Waals surface area contributed by atoms with Crippen molar-refractivity contribution in [3.63, 3.8) is 0 Å². The highest BCUT2D eigenvalue weighted by atomic mass is 32.1. The van der Waals surface area contributed by atoms with E-state index in [-0.39, 0.29) is 5.54 Å². The highest BCUT2D eigenvalue weighted by Gasteiger charge is 2.51. The molecule has 2 N–H and O–H groups in total. The van der Waals surface area contributed by atoms with Gasteiger partial charge >= 0.3 is 0 Å². The Morgan fingerprint density at radius 2 is 1.67 bits per heavy atom. The van der Waals surface area contributed by atoms with Crippen LogP contribution in [0.15, 0.2) is 35.4 Å². The SMILES string of the molecule is CN(C)c1ccc(/C=C\C=N/NC(=S)NC23CC4CC(CC(C4)C2)C3)cc1. The third-order valence-electron chi connectivity index (χ3n) is 6.44. The quantitative estimate of drug-likeness (QED) is 0.455. The van der Waals surface area contributed by atoms with Crippen molar-refractivity contribution in [1.29, 1.82) is 0 Å². The zero-order chi connectivity index (χ0) is 18.9. The summed E-state index contributed by atoms with van der Waals surface area (Å²) in [6.07, 6.45) is 13.9. The predicted molar refractivity (Wildman–Crippen MR) is 118 cm³/mol. The predicted octanol–water partition coefficient (Wildman–Crippen LogP) is 4.18. The summed E-state index contributed by atoms with van der Waals surface area (Å²) in [6, 6.07) is 8.43. The normalized spacial score (nSPS) is 31.6. The molecule has 5 heteroatoms. The second-order valence-corrected chi connectivity index (χ2v) is 9.30. The molecule has 27 heavy (non-hydrogen) atoms. The molecule has 4 nitrogen and oxygen atoms in total. The van der Waals surface area contributed by atoms with Crippen LogP contribution in [-0.4, -0.2) is 31.0 Å². The number of anilines is 1. The number of hydrazone groups is 1. The molecule has 0 atom stereocenters. The molecule has 0 radical (unpaired) electrons. The fraction of sp³-hybridized carbons (Fsp3) is 0.545. The summed E-state index contributed by atoms with van der Waals surface area (Å²) in [7, 11) is 4.09. The molecule has 0 unspecified atom stereocenters. The van der Waals surface area contributed by atoms with Crippen LogP contribution >= 0.6 is 12.2 Å². The van der Waals surface area contributed by atoms with Crippen molar-refractivity contribution in [2.75, 3.05) is 19.0 Å². The lowest BCUT2D eigenvalue weighted by Crippen LogP contribution is -2.61. The van der Waals surface area contributed by atoms with E-state index in [0.717, 1.165) is 23.3 Å². The summed E-state index contributed by atoms with van der Waals surface area (Å²) in [5.41, 5.74) is 5.59. The third kappa shape index (κ3) is 4.34. The molecule has 144 valence electrons. The molecule has 5 rings (SSSR count). The number of hydrogen-bond acceptors (Lipinski definition) is 3. The topological polar surface area (TPSA) is 39.7 Å². The van der Waals surface area contributed by atoms with Crippen molar-refractivity contribution in [1.82, 2.24) is 10.7 Å². The van der Waals surface area contributed by atoms with E-state index in [1.54, 1.807) is 6.21 Å². The highest BCUT2D eigenvalue weighted by molar-refractivity contribution is 7.80. The summed E-state index contributed by atoms with van der Waals surface area (Å²) in [6.45, 7) is 0. The lowest BCUT2D eigenvalue weighted by molar-refractivity contribution is -0.0101. The molecule has 4 bridgehead atoms. The standard InChI is InChI=1S/C22H30N4S/c1-26(2)20-7-5-16(6-8-20)4-3-9-23-25-21(27)24-22-13-17-10-18(14-22)12-19(11-17)15-22/h3-9,17-19H,10-15H2,1-2H3,(H2,24,25,27)/b4-3-,23-9-. The molecule has 4 aliphatic rings. The van der Waals surface area contributed by atoms with Crippen LogP contribution in [-0.2, 0) is 0 Å². The van der Waals surface area contributed by atoms with Gasteiger partial charge in [-0.15, -0.1) is 0 Å². The molecule has 0 saturated heterocycles. The zero-order valence-corrected chi connectivity index (χ0v) is 17.1. The number of benzene rings is 1. The average molecular weight is 383 g/mol. The molecule has 4 fully saturated rings. The van der Waals surface area contributed by atoms with Gasteiger partial charge < -0.3 is 10.2 Å². The van der Waals surface area contributed by atoms with E-state index < -0.39 is 0 Å². The van der Waals surface area contributed by atoms with Crippen LogP contribution in [0.5, 0.6) is 0 Å². The molecule has 1 aromatic rings. The number of allylic oxidation sites excluding steroid dienone is 1. The van der Waals surface area contributed by atoms with Gasteiger partial charge in [-0.1, -0.05) is 18.2 Å². The molecule has 0 aromatic heterocycles. The first kappa shape index (κ1) is 18.5. The van der Waals surface area contributed by atoms with E-state index >= 15 is 0 Å². The molecule has 1 aromatic carbocycles. The van der Waals surface area contributed by atoms with Crippen molar-refractivity contribution in [3.05, 3.63) is 35.9 Å². The Morgan fingerprint density at radius 3 is 2.22 bits per heavy atom. The molecular formula is C22H30N4S. The van der Waals surface area contributed by atoms with Gasteiger partial charge in [0, 0.05) is 31.5 Å². The Labute approximate surface area is 168 Å². The maximum atomic E-state index is 5.51. The largest absolute Gasteiger partial charge is 0.378 e. The Hall–Kier alpha value is -1.88. The van der Waals surface area contributed by atoms with Crippen LogP contribution < -0.4 is 15.6 Å². The van der Waals surface area contributed by atoms with Crippen LogP contribution in [0.4, 0.5) is 5.69 Å². The van der Waals surface area contributed by atoms with Crippen molar-refractivity contribution < 1.29 is 0 Å². The van der Waals surface area contributed by atoms with Gasteiger partial charge in [-0.2, -0.15) is 5.10 Å². The van der Waals surface area contributed by atoms with Crippen molar-refractivity contribution in [2.24, 2.45) is 22.9 Å². The Balaban J connectivity index is 1.25. The fourth-order valence-electron chi connectivity index (χ4n) is 5.71. The number of nitrogens with zero attached hydrogens (tertiary/aromatic N) is 2. The van der Waals surface area contributed by atoms with Crippen LogP contribution in [0.25, 0.3) is 6.08 Å². The maximum absolute atomic E-state index is 5.51. The van der Waals surface area contributed by atoms with Gasteiger partial charge in [0.05, 0.1) is 0 Å². The van der Waals surface area contributed by atoms with E-state index in [9.17, 15) is 0 Å². The van der Waals surface area contributed by atoms with E-state index in [1.807, 2.05) is 26.2 Å². The minimum Gasteiger partial charge on any atom is -0.378 e. The first-order valence-corrected chi connectivity index (χ1v) is 10.5. The van der Waals surface area contributed by atoms with E-state index in [1.165, 1.54) is 44.2 Å². The molecule has 4 saturated carbocycles. The summed E-state index contributed by atoms with van der Waals surface area (Å²) >= 11 is 5.51. The van der Waals surface area contributed by atoms with Gasteiger partial charge in [0.2, 0.25) is 0 Å². The summed E-state index contributed by atoms with van der Waals surface area (Å²) in [4.78, 5) is 2.09. The lowest BCUT2D eigenvalue weighted by atomic mass is 9.53. The summed E-state index contributed by atoms with van der Waals surface area (Å²) in [5.74, 6) is 2.74. The van der Waals surface area contributed by atoms with Gasteiger partial charge in [0.1, 0.15) is 0 Å². The maximum Gasteiger partial charge on any atom is 0.187 e. The molecule has 0 amide bonds. The monoisotopic (exact) mass is 382 g/mol. The number of nitrogens with one attached hydrogen (secondary N) is 2. The van der Waals surface area contributed by atoms with Gasteiger partial charge in [-0.25, -0.2) is 0 Å². The van der Waals surface area contributed by atoms with E-state index in [4.69, 9.17) is 12.2 Å². The highest BCUT2D eigenvalue weighted by Crippen LogP contribution is 2.55. The fourth-order valence-corrected chi connectivity index (χ4v) is 5.98. The zero-order valence-electron chi connectivity index (χ0n) is 16.3. The molecule has 0 spiro atoms. The smallest absolute Gasteiger partial charge is 0.187 e. The number of hydrogen-bond donors (Lipinski definition) is 2. The van der Waals surface area contributed by atoms with Gasteiger partial charge in [-0.05, 0) is 92.3 Å². The van der Waals surface area contributed by atoms with Crippen LogP contribution in [0.1, 0.15) is 44.1 Å². The Kier molecular flexibility index (Phi) is 5.22. The second-order valence-electron chi connectivity index (χ2n) is 8.89. The lowest BCUT2D eigenvalue weighted by Gasteiger charge is -2.57. The first-order valence-electron chi connectivity index (χ1n) is 10.1. The molecule has 0 aliphatic heterocycles. The molecule has 4 aliphatic carbocycles. The summed E-state index contributed by atoms with van der Waals surface area (Å²) < 4.78 is 0. The molecule has 0 heterocycles. The van der Waals surface area contributed by atoms with Crippen molar-refractivity contribution in [3.8, 4) is 0 Å². The summed E-state index contributed by atoms with van der Waals surface area (Å²) in [5, 5.41) is 8.55. The average Bonchev–Trinajstić information content (AvgIpc) is 2.60. The van der Waals surface area contributed by atoms with Crippen molar-refractivity contribution >= 4 is 35.3 Å². The Bertz CT molecular complexity index is 700. The van der Waals surface area contributed by atoms with Gasteiger partial charge in [0.15, 0.2) is 5.11 Å². The second kappa shape index (κ2) is 7.63. The first-order chi connectivity index (χ1) is 13.0. The third-order valence-corrected chi connectivity index (χ3v) is 6.64. The van der Waals surface area contributed by atoms with Crippen LogP contribution in [0.3, 0.4) is 0 Å². The minimum absolute atomic E-state index is 0.235. The van der Waals surface area contributed by atoms with Crippen molar-refractivity contribution in [2.45, 2.75) is 44.1 Å². The van der Waals surface area contributed by atoms with Gasteiger partial charge in [-0.3, -0.25) is 5.43 Å². The molecular weight excluding hydrogens is 352 g/mol. The number of rotatable bonds is 5. The van der Waals surface area contributed by atoms with Crippen LogP contribution in [0, 0.1) is 17.8 Å². The van der Waals surface area contributed by atoms with E-state index in [2.05, 4.69) is 45.0 Å². The number of thiocarbonyl (C=S) groups is 1. The Morgan fingerprint density at radius 1 is 1.07 bits per heavy atom. The van der Waals surface area contributed by atoms with Crippen LogP contribution in [0.2, 0.25) is 0 Å².